The predicted molar refractivity (Wildman–Crippen MR) is 76.4 cm³/mol. The zero-order valence-electron chi connectivity index (χ0n) is 12.7. The van der Waals surface area contributed by atoms with Crippen LogP contribution >= 0.6 is 0 Å². The lowest BCUT2D eigenvalue weighted by Gasteiger charge is -2.41. The van der Waals surface area contributed by atoms with Gasteiger partial charge in [0.1, 0.15) is 0 Å². The summed E-state index contributed by atoms with van der Waals surface area (Å²) in [7, 11) is 0. The molecule has 1 rings (SSSR count). The maximum Gasteiger partial charge on any atom is 0.0125 e. The van der Waals surface area contributed by atoms with Gasteiger partial charge in [-0.05, 0) is 52.9 Å². The Morgan fingerprint density at radius 1 is 1.12 bits per heavy atom. The quantitative estimate of drug-likeness (QED) is 0.811. The summed E-state index contributed by atoms with van der Waals surface area (Å²) in [5.41, 5.74) is 0.342. The SMILES string of the molecule is CC(C)CC(C)NC1CCN(C(C)(C)C)CC1. The summed E-state index contributed by atoms with van der Waals surface area (Å²) >= 11 is 0. The van der Waals surface area contributed by atoms with Gasteiger partial charge in [-0.25, -0.2) is 0 Å². The third-order valence-corrected chi connectivity index (χ3v) is 3.79. The van der Waals surface area contributed by atoms with Crippen molar-refractivity contribution < 1.29 is 0 Å². The van der Waals surface area contributed by atoms with Crippen LogP contribution in [0.2, 0.25) is 0 Å². The van der Waals surface area contributed by atoms with Gasteiger partial charge >= 0.3 is 0 Å². The molecule has 1 aliphatic rings. The first kappa shape index (κ1) is 15.0. The van der Waals surface area contributed by atoms with Gasteiger partial charge in [-0.1, -0.05) is 13.8 Å². The molecule has 1 saturated heterocycles. The maximum atomic E-state index is 3.80. The Balaban J connectivity index is 2.28. The zero-order valence-corrected chi connectivity index (χ0v) is 12.7. The summed E-state index contributed by atoms with van der Waals surface area (Å²) in [5, 5.41) is 3.80. The molecule has 2 heteroatoms. The Morgan fingerprint density at radius 2 is 1.65 bits per heavy atom. The van der Waals surface area contributed by atoms with Crippen LogP contribution in [0.3, 0.4) is 0 Å². The van der Waals surface area contributed by atoms with E-state index in [0.717, 1.165) is 12.0 Å². The van der Waals surface area contributed by atoms with E-state index in [1.54, 1.807) is 0 Å². The fourth-order valence-electron chi connectivity index (χ4n) is 2.89. The van der Waals surface area contributed by atoms with Gasteiger partial charge in [0.15, 0.2) is 0 Å². The van der Waals surface area contributed by atoms with Crippen LogP contribution in [0.4, 0.5) is 0 Å². The van der Waals surface area contributed by atoms with Gasteiger partial charge in [-0.2, -0.15) is 0 Å². The van der Waals surface area contributed by atoms with Gasteiger partial charge < -0.3 is 5.32 Å². The Morgan fingerprint density at radius 3 is 2.06 bits per heavy atom. The highest BCUT2D eigenvalue weighted by atomic mass is 15.2. The second-order valence-corrected chi connectivity index (χ2v) is 7.13. The molecular formula is C15H32N2. The van der Waals surface area contributed by atoms with E-state index in [2.05, 4.69) is 51.8 Å². The van der Waals surface area contributed by atoms with Crippen molar-refractivity contribution >= 4 is 0 Å². The molecule has 0 amide bonds. The van der Waals surface area contributed by atoms with E-state index < -0.39 is 0 Å². The molecule has 1 fully saturated rings. The Hall–Kier alpha value is -0.0800. The number of rotatable bonds is 4. The van der Waals surface area contributed by atoms with Crippen molar-refractivity contribution in [2.75, 3.05) is 13.1 Å². The van der Waals surface area contributed by atoms with Crippen LogP contribution in [0.15, 0.2) is 0 Å². The number of nitrogens with one attached hydrogen (secondary N) is 1. The molecule has 17 heavy (non-hydrogen) atoms. The second-order valence-electron chi connectivity index (χ2n) is 7.13. The van der Waals surface area contributed by atoms with Crippen LogP contribution in [-0.4, -0.2) is 35.6 Å². The van der Waals surface area contributed by atoms with Gasteiger partial charge in [-0.15, -0.1) is 0 Å². The highest BCUT2D eigenvalue weighted by Gasteiger charge is 2.27. The Bertz CT molecular complexity index is 209. The molecule has 0 aliphatic carbocycles. The van der Waals surface area contributed by atoms with Crippen molar-refractivity contribution in [1.82, 2.24) is 10.2 Å². The standard InChI is InChI=1S/C15H32N2/c1-12(2)11-13(3)16-14-7-9-17(10-8-14)15(4,5)6/h12-14,16H,7-11H2,1-6H3. The van der Waals surface area contributed by atoms with Gasteiger partial charge in [-0.3, -0.25) is 4.90 Å². The Labute approximate surface area is 108 Å². The van der Waals surface area contributed by atoms with Crippen molar-refractivity contribution in [3.63, 3.8) is 0 Å². The average molecular weight is 240 g/mol. The van der Waals surface area contributed by atoms with E-state index in [0.29, 0.717) is 11.6 Å². The minimum atomic E-state index is 0.342. The largest absolute Gasteiger partial charge is 0.311 e. The molecule has 0 radical (unpaired) electrons. The molecule has 0 spiro atoms. The van der Waals surface area contributed by atoms with Gasteiger partial charge in [0.2, 0.25) is 0 Å². The maximum absolute atomic E-state index is 3.80. The predicted octanol–water partition coefficient (Wildman–Crippen LogP) is 3.27. The van der Waals surface area contributed by atoms with Crippen molar-refractivity contribution in [3.8, 4) is 0 Å². The molecule has 0 saturated carbocycles. The molecule has 1 atom stereocenters. The molecule has 0 aromatic carbocycles. The van der Waals surface area contributed by atoms with E-state index in [1.165, 1.54) is 32.4 Å². The lowest BCUT2D eigenvalue weighted by molar-refractivity contribution is 0.0936. The molecule has 1 unspecified atom stereocenters. The highest BCUT2D eigenvalue weighted by Crippen LogP contribution is 2.20. The summed E-state index contributed by atoms with van der Waals surface area (Å²) in [4.78, 5) is 2.61. The molecule has 0 aromatic heterocycles. The zero-order chi connectivity index (χ0) is 13.1. The number of hydrogen-bond donors (Lipinski definition) is 1. The van der Waals surface area contributed by atoms with Gasteiger partial charge in [0, 0.05) is 30.7 Å². The summed E-state index contributed by atoms with van der Waals surface area (Å²) < 4.78 is 0. The third kappa shape index (κ3) is 5.39. The topological polar surface area (TPSA) is 15.3 Å². The Kier molecular flexibility index (Phi) is 5.46. The molecule has 1 heterocycles. The van der Waals surface area contributed by atoms with E-state index in [1.807, 2.05) is 0 Å². The minimum Gasteiger partial charge on any atom is -0.311 e. The van der Waals surface area contributed by atoms with E-state index >= 15 is 0 Å². The molecule has 102 valence electrons. The van der Waals surface area contributed by atoms with Gasteiger partial charge in [0.25, 0.3) is 0 Å². The number of hydrogen-bond acceptors (Lipinski definition) is 2. The second kappa shape index (κ2) is 6.19. The molecule has 2 nitrogen and oxygen atoms in total. The van der Waals surface area contributed by atoms with Crippen LogP contribution < -0.4 is 5.32 Å². The van der Waals surface area contributed by atoms with Crippen LogP contribution in [-0.2, 0) is 0 Å². The van der Waals surface area contributed by atoms with Gasteiger partial charge in [0.05, 0.1) is 0 Å². The summed E-state index contributed by atoms with van der Waals surface area (Å²) in [6.07, 6.45) is 3.90. The van der Waals surface area contributed by atoms with E-state index in [-0.39, 0.29) is 0 Å². The molecular weight excluding hydrogens is 208 g/mol. The van der Waals surface area contributed by atoms with Crippen molar-refractivity contribution in [2.24, 2.45) is 5.92 Å². The molecule has 0 bridgehead atoms. The monoisotopic (exact) mass is 240 g/mol. The molecule has 0 aromatic rings. The van der Waals surface area contributed by atoms with Crippen LogP contribution in [0.25, 0.3) is 0 Å². The van der Waals surface area contributed by atoms with Crippen LogP contribution in [0, 0.1) is 5.92 Å². The first-order valence-electron chi connectivity index (χ1n) is 7.30. The molecule has 1 aliphatic heterocycles. The van der Waals surface area contributed by atoms with E-state index in [4.69, 9.17) is 0 Å². The lowest BCUT2D eigenvalue weighted by atomic mass is 9.96. The minimum absolute atomic E-state index is 0.342. The van der Waals surface area contributed by atoms with Crippen molar-refractivity contribution in [1.29, 1.82) is 0 Å². The smallest absolute Gasteiger partial charge is 0.0125 e. The number of nitrogens with zero attached hydrogens (tertiary/aromatic N) is 1. The average Bonchev–Trinajstić information content (AvgIpc) is 2.15. The fraction of sp³-hybridized carbons (Fsp3) is 1.00. The summed E-state index contributed by atoms with van der Waals surface area (Å²) in [6, 6.07) is 1.41. The highest BCUT2D eigenvalue weighted by molar-refractivity contribution is 4.85. The summed E-state index contributed by atoms with van der Waals surface area (Å²) in [5.74, 6) is 0.798. The van der Waals surface area contributed by atoms with Crippen molar-refractivity contribution in [2.45, 2.75) is 78.4 Å². The molecule has 1 N–H and O–H groups in total. The first-order valence-corrected chi connectivity index (χ1v) is 7.30. The van der Waals surface area contributed by atoms with Crippen LogP contribution in [0.1, 0.15) is 60.8 Å². The van der Waals surface area contributed by atoms with Crippen molar-refractivity contribution in [3.05, 3.63) is 0 Å². The van der Waals surface area contributed by atoms with Crippen LogP contribution in [0.5, 0.6) is 0 Å². The fourth-order valence-corrected chi connectivity index (χ4v) is 2.89. The first-order chi connectivity index (χ1) is 7.79. The summed E-state index contributed by atoms with van der Waals surface area (Å²) in [6.45, 7) is 16.4. The van der Waals surface area contributed by atoms with E-state index in [9.17, 15) is 0 Å². The normalized spacial score (nSPS) is 22.1. The third-order valence-electron chi connectivity index (χ3n) is 3.79. The lowest BCUT2D eigenvalue weighted by Crippen LogP contribution is -2.51. The number of piperidine rings is 1. The number of likely N-dealkylation sites (tertiary alicyclic amines) is 1.